The van der Waals surface area contributed by atoms with Crippen LogP contribution in [0.1, 0.15) is 26.7 Å². The van der Waals surface area contributed by atoms with Gasteiger partial charge in [-0.05, 0) is 38.8 Å². The van der Waals surface area contributed by atoms with Crippen molar-refractivity contribution < 1.29 is 9.53 Å². The summed E-state index contributed by atoms with van der Waals surface area (Å²) in [5, 5.41) is 12.6. The molecule has 2 atom stereocenters. The maximum absolute atomic E-state index is 12.9. The van der Waals surface area contributed by atoms with Crippen molar-refractivity contribution in [2.45, 2.75) is 38.9 Å². The largest absolute Gasteiger partial charge is 0.372 e. The average Bonchev–Trinajstić information content (AvgIpc) is 3.22. The van der Waals surface area contributed by atoms with Crippen LogP contribution in [0.15, 0.2) is 24.8 Å². The van der Waals surface area contributed by atoms with Crippen molar-refractivity contribution in [2.24, 2.45) is 5.92 Å². The molecule has 2 aromatic rings. The summed E-state index contributed by atoms with van der Waals surface area (Å²) in [7, 11) is 0. The van der Waals surface area contributed by atoms with Gasteiger partial charge in [0, 0.05) is 32.1 Å². The van der Waals surface area contributed by atoms with Gasteiger partial charge in [-0.25, -0.2) is 9.67 Å². The summed E-state index contributed by atoms with van der Waals surface area (Å²) >= 11 is 0. The number of hydrogen-bond donors (Lipinski definition) is 0. The highest BCUT2D eigenvalue weighted by atomic mass is 16.5. The number of anilines is 1. The molecule has 0 spiro atoms. The first-order valence-corrected chi connectivity index (χ1v) is 9.48. The molecule has 2 unspecified atom stereocenters. The third kappa shape index (κ3) is 3.92. The van der Waals surface area contributed by atoms with Gasteiger partial charge < -0.3 is 14.5 Å². The summed E-state index contributed by atoms with van der Waals surface area (Å²) in [5.74, 6) is 1.82. The quantitative estimate of drug-likeness (QED) is 0.792. The van der Waals surface area contributed by atoms with Crippen molar-refractivity contribution in [1.82, 2.24) is 29.9 Å². The maximum Gasteiger partial charge on any atom is 0.225 e. The normalized spacial score (nSPS) is 24.2. The first-order valence-electron chi connectivity index (χ1n) is 9.48. The molecule has 2 saturated heterocycles. The van der Waals surface area contributed by atoms with Crippen molar-refractivity contribution >= 4 is 11.7 Å². The number of aromatic nitrogens is 5. The average molecular weight is 371 g/mol. The molecule has 9 nitrogen and oxygen atoms in total. The van der Waals surface area contributed by atoms with E-state index in [0.717, 1.165) is 31.7 Å². The summed E-state index contributed by atoms with van der Waals surface area (Å²) in [4.78, 5) is 21.0. The smallest absolute Gasteiger partial charge is 0.225 e. The fourth-order valence-corrected chi connectivity index (χ4v) is 3.91. The Hall–Kier alpha value is -2.55. The van der Waals surface area contributed by atoms with E-state index in [1.165, 1.54) is 6.33 Å². The van der Waals surface area contributed by atoms with Crippen LogP contribution in [0.4, 0.5) is 5.82 Å². The highest BCUT2D eigenvalue weighted by Crippen LogP contribution is 2.24. The summed E-state index contributed by atoms with van der Waals surface area (Å²) in [6.07, 6.45) is 4.95. The molecule has 1 amide bonds. The van der Waals surface area contributed by atoms with E-state index in [1.807, 2.05) is 30.9 Å². The highest BCUT2D eigenvalue weighted by Gasteiger charge is 2.32. The number of carbonyl (C=O) groups is 1. The predicted octanol–water partition coefficient (Wildman–Crippen LogP) is 0.910. The number of nitrogens with zero attached hydrogens (tertiary/aromatic N) is 7. The third-order valence-corrected chi connectivity index (χ3v) is 5.19. The highest BCUT2D eigenvalue weighted by molar-refractivity contribution is 5.79. The number of rotatable bonds is 3. The van der Waals surface area contributed by atoms with Crippen LogP contribution in [0, 0.1) is 5.92 Å². The standard InChI is InChI=1S/C18H25N7O2/c1-13-9-24(10-14(2)27-13)18(26)15-5-7-23(8-6-15)16-3-4-17(22-21-16)25-12-19-11-20-25/h3-4,11-15H,5-10H2,1-2H3. The molecule has 144 valence electrons. The summed E-state index contributed by atoms with van der Waals surface area (Å²) in [6, 6.07) is 3.82. The molecule has 2 aromatic heterocycles. The molecule has 2 aliphatic rings. The second kappa shape index (κ2) is 7.59. The molecule has 4 heterocycles. The van der Waals surface area contributed by atoms with E-state index >= 15 is 0 Å². The number of morpholine rings is 1. The van der Waals surface area contributed by atoms with Crippen LogP contribution >= 0.6 is 0 Å². The van der Waals surface area contributed by atoms with Gasteiger partial charge in [-0.3, -0.25) is 4.79 Å². The summed E-state index contributed by atoms with van der Waals surface area (Å²) in [6.45, 7) is 7.06. The van der Waals surface area contributed by atoms with E-state index in [0.29, 0.717) is 18.9 Å². The van der Waals surface area contributed by atoms with E-state index in [1.54, 1.807) is 11.0 Å². The van der Waals surface area contributed by atoms with E-state index in [2.05, 4.69) is 25.2 Å². The van der Waals surface area contributed by atoms with E-state index in [4.69, 9.17) is 4.74 Å². The zero-order valence-electron chi connectivity index (χ0n) is 15.7. The van der Waals surface area contributed by atoms with Gasteiger partial charge in [-0.15, -0.1) is 10.2 Å². The van der Waals surface area contributed by atoms with Crippen LogP contribution in [0.25, 0.3) is 5.82 Å². The van der Waals surface area contributed by atoms with Crippen molar-refractivity contribution in [3.05, 3.63) is 24.8 Å². The second-order valence-electron chi connectivity index (χ2n) is 7.35. The minimum Gasteiger partial charge on any atom is -0.372 e. The predicted molar refractivity (Wildman–Crippen MR) is 98.5 cm³/mol. The van der Waals surface area contributed by atoms with E-state index in [-0.39, 0.29) is 24.0 Å². The monoisotopic (exact) mass is 371 g/mol. The van der Waals surface area contributed by atoms with E-state index < -0.39 is 0 Å². The SMILES string of the molecule is CC1CN(C(=O)C2CCN(c3ccc(-n4cncn4)nn3)CC2)CC(C)O1. The molecule has 0 radical (unpaired) electrons. The lowest BCUT2D eigenvalue weighted by Gasteiger charge is -2.39. The Morgan fingerprint density at radius 2 is 1.74 bits per heavy atom. The molecule has 0 aliphatic carbocycles. The topological polar surface area (TPSA) is 89.3 Å². The molecule has 2 aliphatic heterocycles. The van der Waals surface area contributed by atoms with Crippen LogP contribution in [0.3, 0.4) is 0 Å². The van der Waals surface area contributed by atoms with Crippen molar-refractivity contribution in [3.63, 3.8) is 0 Å². The van der Waals surface area contributed by atoms with Gasteiger partial charge in [0.15, 0.2) is 11.6 Å². The number of hydrogen-bond acceptors (Lipinski definition) is 7. The van der Waals surface area contributed by atoms with Gasteiger partial charge >= 0.3 is 0 Å². The number of ether oxygens (including phenoxy) is 1. The fraction of sp³-hybridized carbons (Fsp3) is 0.611. The van der Waals surface area contributed by atoms with Gasteiger partial charge in [0.25, 0.3) is 0 Å². The molecular formula is C18H25N7O2. The van der Waals surface area contributed by atoms with Crippen LogP contribution < -0.4 is 4.90 Å². The Balaban J connectivity index is 1.34. The number of piperidine rings is 1. The van der Waals surface area contributed by atoms with Gasteiger partial charge in [0.2, 0.25) is 5.91 Å². The lowest BCUT2D eigenvalue weighted by atomic mass is 9.94. The van der Waals surface area contributed by atoms with Crippen LogP contribution in [0.5, 0.6) is 0 Å². The summed E-state index contributed by atoms with van der Waals surface area (Å²) < 4.78 is 7.31. The third-order valence-electron chi connectivity index (χ3n) is 5.19. The van der Waals surface area contributed by atoms with E-state index in [9.17, 15) is 4.79 Å². The zero-order chi connectivity index (χ0) is 18.8. The summed E-state index contributed by atoms with van der Waals surface area (Å²) in [5.41, 5.74) is 0. The van der Waals surface area contributed by atoms with Gasteiger partial charge in [0.1, 0.15) is 12.7 Å². The molecule has 9 heteroatoms. The Bertz CT molecular complexity index is 747. The molecule has 0 bridgehead atoms. The second-order valence-corrected chi connectivity index (χ2v) is 7.35. The number of carbonyl (C=O) groups excluding carboxylic acids is 1. The minimum atomic E-state index is 0.0844. The first kappa shape index (κ1) is 17.8. The van der Waals surface area contributed by atoms with Gasteiger partial charge in [0.05, 0.1) is 12.2 Å². The van der Waals surface area contributed by atoms with Crippen molar-refractivity contribution in [1.29, 1.82) is 0 Å². The van der Waals surface area contributed by atoms with Crippen LogP contribution in [-0.4, -0.2) is 74.2 Å². The fourth-order valence-electron chi connectivity index (χ4n) is 3.91. The van der Waals surface area contributed by atoms with Crippen molar-refractivity contribution in [3.8, 4) is 5.82 Å². The maximum atomic E-state index is 12.9. The Morgan fingerprint density at radius 1 is 1.07 bits per heavy atom. The van der Waals surface area contributed by atoms with Crippen molar-refractivity contribution in [2.75, 3.05) is 31.1 Å². The molecular weight excluding hydrogens is 346 g/mol. The molecule has 2 fully saturated rings. The van der Waals surface area contributed by atoms with Gasteiger partial charge in [-0.2, -0.15) is 5.10 Å². The molecule has 0 N–H and O–H groups in total. The zero-order valence-corrected chi connectivity index (χ0v) is 15.7. The molecule has 27 heavy (non-hydrogen) atoms. The molecule has 0 saturated carbocycles. The Labute approximate surface area is 158 Å². The Kier molecular flexibility index (Phi) is 5.02. The van der Waals surface area contributed by atoms with Crippen LogP contribution in [-0.2, 0) is 9.53 Å². The molecule has 4 rings (SSSR count). The lowest BCUT2D eigenvalue weighted by Crippen LogP contribution is -2.51. The van der Waals surface area contributed by atoms with Crippen LogP contribution in [0.2, 0.25) is 0 Å². The first-order chi connectivity index (χ1) is 13.1. The molecule has 0 aromatic carbocycles. The lowest BCUT2D eigenvalue weighted by molar-refractivity contribution is -0.148. The minimum absolute atomic E-state index is 0.0844. The Morgan fingerprint density at radius 3 is 2.33 bits per heavy atom. The van der Waals surface area contributed by atoms with Gasteiger partial charge in [-0.1, -0.05) is 0 Å². The number of amides is 1.